The fraction of sp³-hybridized carbons (Fsp3) is 0.0800. The van der Waals surface area contributed by atoms with E-state index in [1.165, 1.54) is 37.3 Å². The van der Waals surface area contributed by atoms with E-state index in [9.17, 15) is 32.1 Å². The van der Waals surface area contributed by atoms with E-state index in [1.54, 1.807) is 19.1 Å². The summed E-state index contributed by atoms with van der Waals surface area (Å²) in [5.74, 6) is -2.31. The summed E-state index contributed by atoms with van der Waals surface area (Å²) in [6.07, 6.45) is 0. The number of rotatable bonds is 3. The minimum absolute atomic E-state index is 0.0678. The summed E-state index contributed by atoms with van der Waals surface area (Å²) in [6, 6.07) is 11.9. The van der Waals surface area contributed by atoms with Crippen LogP contribution in [0.4, 0.5) is 13.2 Å². The molecule has 0 saturated carbocycles. The third-order valence-electron chi connectivity index (χ3n) is 4.39. The predicted molar refractivity (Wildman–Crippen MR) is 174 cm³/mol. The van der Waals surface area contributed by atoms with Gasteiger partial charge in [-0.15, -0.1) is 10.2 Å². The highest BCUT2D eigenvalue weighted by Crippen LogP contribution is 2.61. The van der Waals surface area contributed by atoms with Crippen LogP contribution in [0.3, 0.4) is 0 Å². The number of halogens is 9. The quantitative estimate of drug-likeness (QED) is 0.136. The zero-order chi connectivity index (χ0) is 34.5. The Kier molecular flexibility index (Phi) is 17.4. The second-order valence-corrected chi connectivity index (χ2v) is 17.1. The number of carbonyl (C=O) groups is 3. The summed E-state index contributed by atoms with van der Waals surface area (Å²) in [5.41, 5.74) is 5.30. The van der Waals surface area contributed by atoms with Gasteiger partial charge in [-0.1, -0.05) is 0 Å². The number of hydrogen-bond donors (Lipinski definition) is 3. The summed E-state index contributed by atoms with van der Waals surface area (Å²) in [6.45, 7) is 2.97. The van der Waals surface area contributed by atoms with Crippen LogP contribution in [0.15, 0.2) is 72.4 Å². The minimum atomic E-state index is -3.22. The molecule has 0 unspecified atom stereocenters. The van der Waals surface area contributed by atoms with Gasteiger partial charge in [0.05, 0.1) is 19.0 Å². The molecule has 45 heavy (non-hydrogen) atoms. The van der Waals surface area contributed by atoms with Crippen LogP contribution in [-0.4, -0.2) is 33.1 Å². The molecule has 0 aliphatic carbocycles. The van der Waals surface area contributed by atoms with Crippen LogP contribution in [0, 0.1) is 24.4 Å². The van der Waals surface area contributed by atoms with E-state index in [-0.39, 0.29) is 31.8 Å². The van der Waals surface area contributed by atoms with Gasteiger partial charge < -0.3 is 9.52 Å². The number of aromatic carboxylic acids is 1. The minimum Gasteiger partial charge on any atom is -0.478 e. The van der Waals surface area contributed by atoms with Crippen molar-refractivity contribution >= 4 is 104 Å². The van der Waals surface area contributed by atoms with Crippen LogP contribution in [0.2, 0.25) is 0 Å². The Morgan fingerprint density at radius 3 is 1.64 bits per heavy atom. The molecule has 1 aromatic heterocycles. The summed E-state index contributed by atoms with van der Waals surface area (Å²) in [5, 5.41) is 12.8. The van der Waals surface area contributed by atoms with E-state index >= 15 is 0 Å². The fourth-order valence-electron chi connectivity index (χ4n) is 2.53. The molecule has 10 nitrogen and oxygen atoms in total. The number of nitrogens with one attached hydrogen (secondary N) is 2. The monoisotopic (exact) mass is 900 g/mol. The molecule has 0 aliphatic rings. The number of carbonyl (C=O) groups excluding carboxylic acids is 2. The van der Waals surface area contributed by atoms with Gasteiger partial charge in [-0.3, -0.25) is 25.0 Å². The Bertz CT molecular complexity index is 1710. The Hall–Kier alpha value is -2.46. The molecule has 3 aromatic carbocycles. The van der Waals surface area contributed by atoms with Gasteiger partial charge in [-0.2, -0.15) is 0 Å². The lowest BCUT2D eigenvalue weighted by Crippen LogP contribution is -2.40. The summed E-state index contributed by atoms with van der Waals surface area (Å²) in [7, 11) is 0. The van der Waals surface area contributed by atoms with Crippen molar-refractivity contribution in [2.24, 2.45) is 0 Å². The van der Waals surface area contributed by atoms with Crippen LogP contribution >= 0.6 is 86.7 Å². The van der Waals surface area contributed by atoms with Crippen molar-refractivity contribution < 1.29 is 41.6 Å². The largest absolute Gasteiger partial charge is 0.478 e. The first-order valence-corrected chi connectivity index (χ1v) is 18.2. The summed E-state index contributed by atoms with van der Waals surface area (Å²) < 4.78 is 53.7. The molecule has 4 aromatic rings. The van der Waals surface area contributed by atoms with Gasteiger partial charge in [0.15, 0.2) is 0 Å². The standard InChI is InChI=1S/C9H8BrFN2O2.C9H6BrFN2O.C7H4BrFO2.Cl3OP/c1-5(14)12-13-9(15)6-2-3-8(11)7(10)4-6;1-5-12-13-9(14-5)6-2-3-8(11)7(10)4-6;8-5-3-4(7(10)11)1-2-6(5)9;1-5(2,3)4/h2-4H,1H3,(H,12,14)(H,13,15);2-4H,1H3;1-3H,(H,10,11);. The Morgan fingerprint density at radius 1 is 0.800 bits per heavy atom. The predicted octanol–water partition coefficient (Wildman–Crippen LogP) is 9.41. The van der Waals surface area contributed by atoms with E-state index in [0.717, 1.165) is 12.1 Å². The number of nitrogens with zero attached hydrogens (tertiary/aromatic N) is 2. The van der Waals surface area contributed by atoms with Gasteiger partial charge in [0.25, 0.3) is 5.91 Å². The van der Waals surface area contributed by atoms with Crippen molar-refractivity contribution in [2.75, 3.05) is 0 Å². The van der Waals surface area contributed by atoms with Crippen LogP contribution in [0.25, 0.3) is 11.5 Å². The van der Waals surface area contributed by atoms with Crippen LogP contribution in [0.5, 0.6) is 0 Å². The van der Waals surface area contributed by atoms with Gasteiger partial charge >= 0.3 is 11.2 Å². The van der Waals surface area contributed by atoms with Gasteiger partial charge in [0.1, 0.15) is 17.5 Å². The number of amides is 2. The fourth-order valence-corrected chi connectivity index (χ4v) is 3.66. The summed E-state index contributed by atoms with van der Waals surface area (Å²) in [4.78, 5) is 32.2. The molecular formula is C25H18Br3Cl3F3N4O6P. The lowest BCUT2D eigenvalue weighted by Gasteiger charge is -2.05. The molecule has 1 heterocycles. The van der Waals surface area contributed by atoms with Gasteiger partial charge in [0, 0.05) is 25.0 Å². The Labute approximate surface area is 293 Å². The summed E-state index contributed by atoms with van der Waals surface area (Å²) >= 11 is 22.8. The Morgan fingerprint density at radius 2 is 1.24 bits per heavy atom. The molecule has 0 radical (unpaired) electrons. The third-order valence-corrected chi connectivity index (χ3v) is 6.22. The first kappa shape index (κ1) is 40.6. The second-order valence-electron chi connectivity index (χ2n) is 7.85. The number of carboxylic acid groups (broad SMARTS) is 1. The highest BCUT2D eigenvalue weighted by Gasteiger charge is 2.09. The van der Waals surface area contributed by atoms with Crippen molar-refractivity contribution in [1.82, 2.24) is 21.0 Å². The third kappa shape index (κ3) is 16.6. The molecule has 0 bridgehead atoms. The highest BCUT2D eigenvalue weighted by molar-refractivity contribution is 9.11. The van der Waals surface area contributed by atoms with Crippen LogP contribution in [0.1, 0.15) is 33.5 Å². The normalized spacial score (nSPS) is 10.1. The average Bonchev–Trinajstić information content (AvgIpc) is 3.37. The van der Waals surface area contributed by atoms with E-state index in [1.807, 2.05) is 0 Å². The zero-order valence-corrected chi connectivity index (χ0v) is 30.3. The van der Waals surface area contributed by atoms with Crippen molar-refractivity contribution in [3.8, 4) is 11.5 Å². The molecular weight excluding hydrogens is 886 g/mol. The molecule has 0 saturated heterocycles. The lowest BCUT2D eigenvalue weighted by molar-refractivity contribution is -0.119. The number of hydrazine groups is 1. The number of hydrogen-bond acceptors (Lipinski definition) is 7. The maximum atomic E-state index is 12.9. The number of aryl methyl sites for hydroxylation is 1. The lowest BCUT2D eigenvalue weighted by atomic mass is 10.2. The van der Waals surface area contributed by atoms with E-state index in [2.05, 4.69) is 103 Å². The molecule has 2 amide bonds. The first-order chi connectivity index (χ1) is 20.8. The average molecular weight is 904 g/mol. The first-order valence-electron chi connectivity index (χ1n) is 11.4. The van der Waals surface area contributed by atoms with E-state index < -0.39 is 28.7 Å². The molecule has 242 valence electrons. The molecule has 0 aliphatic heterocycles. The second kappa shape index (κ2) is 19.3. The maximum absolute atomic E-state index is 12.9. The Balaban J connectivity index is 0.000000317. The van der Waals surface area contributed by atoms with E-state index in [0.29, 0.717) is 21.8 Å². The smallest absolute Gasteiger partial charge is 0.339 e. The zero-order valence-electron chi connectivity index (χ0n) is 22.4. The number of aromatic nitrogens is 2. The molecule has 0 atom stereocenters. The number of benzene rings is 3. The molecule has 0 fully saturated rings. The molecule has 20 heteroatoms. The van der Waals surface area contributed by atoms with E-state index in [4.69, 9.17) is 9.52 Å². The van der Waals surface area contributed by atoms with Gasteiger partial charge in [0.2, 0.25) is 17.7 Å². The number of carboxylic acids is 1. The van der Waals surface area contributed by atoms with Gasteiger partial charge in [-0.25, -0.2) is 18.0 Å². The van der Waals surface area contributed by atoms with Gasteiger partial charge in [-0.05, 0) is 136 Å². The van der Waals surface area contributed by atoms with Crippen molar-refractivity contribution in [3.05, 3.63) is 102 Å². The highest BCUT2D eigenvalue weighted by atomic mass is 79.9. The van der Waals surface area contributed by atoms with Crippen molar-refractivity contribution in [1.29, 1.82) is 0 Å². The molecule has 4 rings (SSSR count). The van der Waals surface area contributed by atoms with Crippen LogP contribution < -0.4 is 10.9 Å². The van der Waals surface area contributed by atoms with Crippen molar-refractivity contribution in [2.45, 2.75) is 13.8 Å². The molecule has 3 N–H and O–H groups in total. The SMILES string of the molecule is CC(=O)NNC(=O)c1ccc(F)c(Br)c1.Cc1nnc(-c2ccc(F)c(Br)c2)o1.O=C(O)c1ccc(F)c(Br)c1.O=P(Cl)(Cl)Cl. The topological polar surface area (TPSA) is 151 Å². The van der Waals surface area contributed by atoms with Crippen LogP contribution in [-0.2, 0) is 9.36 Å². The molecule has 0 spiro atoms. The maximum Gasteiger partial charge on any atom is 0.339 e. The van der Waals surface area contributed by atoms with Crippen molar-refractivity contribution in [3.63, 3.8) is 0 Å².